The maximum absolute atomic E-state index is 12.9. The average Bonchev–Trinajstić information content (AvgIpc) is 3.19. The van der Waals surface area contributed by atoms with Crippen LogP contribution in [0.4, 0.5) is 0 Å². The smallest absolute Gasteiger partial charge is 0.271 e. The fraction of sp³-hybridized carbons (Fsp3) is 0.524. The van der Waals surface area contributed by atoms with Gasteiger partial charge in [0.25, 0.3) is 5.91 Å². The Kier molecular flexibility index (Phi) is 5.02. The van der Waals surface area contributed by atoms with Gasteiger partial charge in [0, 0.05) is 32.4 Å². The van der Waals surface area contributed by atoms with E-state index in [1.165, 1.54) is 5.56 Å². The van der Waals surface area contributed by atoms with Crippen molar-refractivity contribution >= 4 is 5.91 Å². The van der Waals surface area contributed by atoms with Crippen molar-refractivity contribution in [3.05, 3.63) is 41.6 Å². The van der Waals surface area contributed by atoms with Crippen LogP contribution in [-0.2, 0) is 9.47 Å². The summed E-state index contributed by atoms with van der Waals surface area (Å²) in [4.78, 5) is 14.8. The van der Waals surface area contributed by atoms with Gasteiger partial charge in [-0.05, 0) is 38.7 Å². The molecule has 0 bridgehead atoms. The number of nitrogens with one attached hydrogen (secondary N) is 1. The van der Waals surface area contributed by atoms with Crippen LogP contribution in [0.3, 0.4) is 0 Å². The Hall–Kier alpha value is -2.18. The lowest BCUT2D eigenvalue weighted by Gasteiger charge is -2.47. The standard InChI is InChI=1S/C21H27N3O3/c1-15-5-7-16(8-6-15)17-14-18(23-22-17)20(25)24-11-9-21(10-12-24)19(26-2)4-3-13-27-21/h5-8,14,19H,3-4,9-13H2,1-2H3,(H,22,23)/t19-/m1/s1. The molecule has 6 heteroatoms. The first kappa shape index (κ1) is 18.2. The molecule has 0 saturated carbocycles. The fourth-order valence-corrected chi connectivity index (χ4v) is 4.26. The number of nitrogens with zero attached hydrogens (tertiary/aromatic N) is 2. The summed E-state index contributed by atoms with van der Waals surface area (Å²) in [5.41, 5.74) is 3.31. The quantitative estimate of drug-likeness (QED) is 0.902. The van der Waals surface area contributed by atoms with Gasteiger partial charge in [0.1, 0.15) is 5.69 Å². The van der Waals surface area contributed by atoms with E-state index in [-0.39, 0.29) is 17.6 Å². The van der Waals surface area contributed by atoms with Crippen molar-refractivity contribution in [3.63, 3.8) is 0 Å². The molecule has 2 aliphatic rings. The maximum Gasteiger partial charge on any atom is 0.271 e. The highest BCUT2D eigenvalue weighted by molar-refractivity contribution is 5.93. The van der Waals surface area contributed by atoms with Gasteiger partial charge in [0.15, 0.2) is 0 Å². The molecular formula is C21H27N3O3. The van der Waals surface area contributed by atoms with Crippen molar-refractivity contribution in [3.8, 4) is 11.3 Å². The number of amides is 1. The average molecular weight is 369 g/mol. The van der Waals surface area contributed by atoms with E-state index >= 15 is 0 Å². The molecule has 144 valence electrons. The number of methoxy groups -OCH3 is 1. The second kappa shape index (κ2) is 7.44. The van der Waals surface area contributed by atoms with Gasteiger partial charge in [-0.25, -0.2) is 0 Å². The van der Waals surface area contributed by atoms with Crippen LogP contribution in [0.5, 0.6) is 0 Å². The van der Waals surface area contributed by atoms with E-state index in [0.717, 1.165) is 43.5 Å². The van der Waals surface area contributed by atoms with Gasteiger partial charge < -0.3 is 14.4 Å². The molecule has 6 nitrogen and oxygen atoms in total. The van der Waals surface area contributed by atoms with E-state index in [1.807, 2.05) is 35.2 Å². The van der Waals surface area contributed by atoms with Gasteiger partial charge in [-0.15, -0.1) is 0 Å². The Bertz CT molecular complexity index is 791. The Morgan fingerprint density at radius 2 is 2.04 bits per heavy atom. The minimum Gasteiger partial charge on any atom is -0.378 e. The first-order chi connectivity index (χ1) is 13.1. The van der Waals surface area contributed by atoms with E-state index < -0.39 is 0 Å². The lowest BCUT2D eigenvalue weighted by atomic mass is 9.82. The van der Waals surface area contributed by atoms with Crippen molar-refractivity contribution in [2.75, 3.05) is 26.8 Å². The third-order valence-electron chi connectivity index (χ3n) is 5.92. The number of rotatable bonds is 3. The third kappa shape index (κ3) is 3.51. The monoisotopic (exact) mass is 369 g/mol. The SMILES string of the molecule is CO[C@@H]1CCCOC12CCN(C(=O)c1cc(-c3ccc(C)cc3)n[nH]1)CC2. The Morgan fingerprint density at radius 1 is 1.30 bits per heavy atom. The molecule has 1 amide bonds. The largest absolute Gasteiger partial charge is 0.378 e. The summed E-state index contributed by atoms with van der Waals surface area (Å²) in [5, 5.41) is 7.23. The number of carbonyl (C=O) groups excluding carboxylic acids is 1. The summed E-state index contributed by atoms with van der Waals surface area (Å²) in [6, 6.07) is 9.98. The molecule has 4 rings (SSSR count). The predicted molar refractivity (Wildman–Crippen MR) is 103 cm³/mol. The fourth-order valence-electron chi connectivity index (χ4n) is 4.26. The number of hydrogen-bond acceptors (Lipinski definition) is 4. The lowest BCUT2D eigenvalue weighted by molar-refractivity contribution is -0.183. The highest BCUT2D eigenvalue weighted by Gasteiger charge is 2.45. The molecule has 0 unspecified atom stereocenters. The Morgan fingerprint density at radius 3 is 2.74 bits per heavy atom. The van der Waals surface area contributed by atoms with Crippen LogP contribution in [0.1, 0.15) is 41.7 Å². The number of aryl methyl sites for hydroxylation is 1. The molecule has 1 aromatic heterocycles. The number of likely N-dealkylation sites (tertiary alicyclic amines) is 1. The summed E-state index contributed by atoms with van der Waals surface area (Å²) in [7, 11) is 1.76. The van der Waals surface area contributed by atoms with Gasteiger partial charge in [-0.3, -0.25) is 9.89 Å². The molecular weight excluding hydrogens is 342 g/mol. The third-order valence-corrected chi connectivity index (χ3v) is 5.92. The van der Waals surface area contributed by atoms with Gasteiger partial charge in [-0.2, -0.15) is 5.10 Å². The molecule has 2 saturated heterocycles. The van der Waals surface area contributed by atoms with E-state index in [9.17, 15) is 4.79 Å². The van der Waals surface area contributed by atoms with Crippen molar-refractivity contribution < 1.29 is 14.3 Å². The van der Waals surface area contributed by atoms with E-state index in [4.69, 9.17) is 9.47 Å². The van der Waals surface area contributed by atoms with E-state index in [1.54, 1.807) is 7.11 Å². The van der Waals surface area contributed by atoms with Crippen molar-refractivity contribution in [2.45, 2.75) is 44.3 Å². The molecule has 0 aliphatic carbocycles. The topological polar surface area (TPSA) is 67.5 Å². The highest BCUT2D eigenvalue weighted by atomic mass is 16.5. The number of ether oxygens (including phenoxy) is 2. The number of carbonyl (C=O) groups is 1. The van der Waals surface area contributed by atoms with E-state index in [0.29, 0.717) is 18.8 Å². The second-order valence-electron chi connectivity index (χ2n) is 7.60. The molecule has 0 radical (unpaired) electrons. The van der Waals surface area contributed by atoms with Gasteiger partial charge >= 0.3 is 0 Å². The van der Waals surface area contributed by atoms with Gasteiger partial charge in [-0.1, -0.05) is 29.8 Å². The maximum atomic E-state index is 12.9. The van der Waals surface area contributed by atoms with Crippen LogP contribution in [0.15, 0.2) is 30.3 Å². The minimum atomic E-state index is -0.231. The zero-order chi connectivity index (χ0) is 18.9. The molecule has 2 fully saturated rings. The zero-order valence-electron chi connectivity index (χ0n) is 16.0. The van der Waals surface area contributed by atoms with E-state index in [2.05, 4.69) is 17.1 Å². The number of aromatic amines is 1. The first-order valence-corrected chi connectivity index (χ1v) is 9.70. The van der Waals surface area contributed by atoms with Crippen molar-refractivity contribution in [1.29, 1.82) is 0 Å². The van der Waals surface area contributed by atoms with Crippen molar-refractivity contribution in [2.24, 2.45) is 0 Å². The minimum absolute atomic E-state index is 0.000452. The molecule has 1 N–H and O–H groups in total. The summed E-state index contributed by atoms with van der Waals surface area (Å²) in [6.45, 7) is 4.19. The first-order valence-electron chi connectivity index (χ1n) is 9.70. The highest BCUT2D eigenvalue weighted by Crippen LogP contribution is 2.37. The summed E-state index contributed by atoms with van der Waals surface area (Å²) >= 11 is 0. The number of hydrogen-bond donors (Lipinski definition) is 1. The lowest BCUT2D eigenvalue weighted by Crippen LogP contribution is -2.56. The molecule has 1 atom stereocenters. The Balaban J connectivity index is 1.43. The molecule has 2 aromatic rings. The van der Waals surface area contributed by atoms with Gasteiger partial charge in [0.2, 0.25) is 0 Å². The van der Waals surface area contributed by atoms with Crippen molar-refractivity contribution in [1.82, 2.24) is 15.1 Å². The Labute approximate surface area is 159 Å². The molecule has 27 heavy (non-hydrogen) atoms. The van der Waals surface area contributed by atoms with Gasteiger partial charge in [0.05, 0.1) is 17.4 Å². The molecule has 1 aromatic carbocycles. The predicted octanol–water partition coefficient (Wildman–Crippen LogP) is 3.19. The molecule has 2 aliphatic heterocycles. The van der Waals surface area contributed by atoms with Crippen LogP contribution < -0.4 is 0 Å². The summed E-state index contributed by atoms with van der Waals surface area (Å²) in [6.07, 6.45) is 3.83. The van der Waals surface area contributed by atoms with Crippen LogP contribution in [0.2, 0.25) is 0 Å². The molecule has 3 heterocycles. The molecule has 1 spiro atoms. The van der Waals surface area contributed by atoms with Crippen LogP contribution in [0.25, 0.3) is 11.3 Å². The zero-order valence-corrected chi connectivity index (χ0v) is 16.0. The van der Waals surface area contributed by atoms with Crippen LogP contribution in [-0.4, -0.2) is 59.5 Å². The number of benzene rings is 1. The normalized spacial score (nSPS) is 22.1. The summed E-state index contributed by atoms with van der Waals surface area (Å²) < 4.78 is 11.8. The number of H-pyrrole nitrogens is 1. The number of piperidine rings is 1. The summed E-state index contributed by atoms with van der Waals surface area (Å²) in [5.74, 6) is 0.000452. The van der Waals surface area contributed by atoms with Crippen LogP contribution in [0, 0.1) is 6.92 Å². The second-order valence-corrected chi connectivity index (χ2v) is 7.60. The van der Waals surface area contributed by atoms with Crippen LogP contribution >= 0.6 is 0 Å². The number of aromatic nitrogens is 2.